The van der Waals surface area contributed by atoms with Gasteiger partial charge in [-0.05, 0) is 62.5 Å². The van der Waals surface area contributed by atoms with Gasteiger partial charge in [-0.3, -0.25) is 0 Å². The Labute approximate surface area is 209 Å². The van der Waals surface area contributed by atoms with Gasteiger partial charge in [-0.1, -0.05) is 130 Å². The van der Waals surface area contributed by atoms with Crippen LogP contribution in [0.25, 0.3) is 5.57 Å². The second kappa shape index (κ2) is 8.86. The van der Waals surface area contributed by atoms with Gasteiger partial charge >= 0.3 is 0 Å². The monoisotopic (exact) mass is 452 g/mol. The second-order valence-electron chi connectivity index (χ2n) is 10.3. The molecule has 3 aliphatic rings. The van der Waals surface area contributed by atoms with E-state index in [1.54, 1.807) is 0 Å². The highest BCUT2D eigenvalue weighted by Crippen LogP contribution is 2.49. The Morgan fingerprint density at radius 1 is 0.714 bits per heavy atom. The maximum Gasteiger partial charge on any atom is 0.0216 e. The summed E-state index contributed by atoms with van der Waals surface area (Å²) in [5, 5.41) is 0. The van der Waals surface area contributed by atoms with Gasteiger partial charge in [0.25, 0.3) is 0 Å². The second-order valence-corrected chi connectivity index (χ2v) is 10.3. The zero-order chi connectivity index (χ0) is 23.9. The predicted octanol–water partition coefficient (Wildman–Crippen LogP) is 9.14. The van der Waals surface area contributed by atoms with E-state index >= 15 is 0 Å². The van der Waals surface area contributed by atoms with Crippen LogP contribution in [0.15, 0.2) is 138 Å². The van der Waals surface area contributed by atoms with Gasteiger partial charge < -0.3 is 0 Å². The molecule has 0 spiro atoms. The molecule has 0 saturated heterocycles. The summed E-state index contributed by atoms with van der Waals surface area (Å²) < 4.78 is 0. The van der Waals surface area contributed by atoms with Crippen molar-refractivity contribution in [1.82, 2.24) is 0 Å². The summed E-state index contributed by atoms with van der Waals surface area (Å²) in [4.78, 5) is 0. The van der Waals surface area contributed by atoms with Crippen LogP contribution in [-0.2, 0) is 0 Å². The fourth-order valence-corrected chi connectivity index (χ4v) is 6.22. The van der Waals surface area contributed by atoms with Crippen LogP contribution in [-0.4, -0.2) is 0 Å². The number of hydrogen-bond acceptors (Lipinski definition) is 0. The zero-order valence-electron chi connectivity index (χ0n) is 20.6. The van der Waals surface area contributed by atoms with E-state index in [1.165, 1.54) is 50.1 Å². The van der Waals surface area contributed by atoms with Gasteiger partial charge in [0, 0.05) is 17.8 Å². The Balaban J connectivity index is 1.42. The van der Waals surface area contributed by atoms with E-state index < -0.39 is 0 Å². The third-order valence-electron chi connectivity index (χ3n) is 8.07. The molecule has 0 heteroatoms. The first-order chi connectivity index (χ1) is 17.1. The summed E-state index contributed by atoms with van der Waals surface area (Å²) >= 11 is 0. The summed E-state index contributed by atoms with van der Waals surface area (Å²) in [6.07, 6.45) is 11.0. The first-order valence-corrected chi connectivity index (χ1v) is 12.9. The molecule has 0 nitrogen and oxygen atoms in total. The molecule has 0 amide bonds. The minimum absolute atomic E-state index is 0.289. The summed E-state index contributed by atoms with van der Waals surface area (Å²) in [5.74, 6) is 1.63. The molecule has 3 aromatic rings. The van der Waals surface area contributed by atoms with E-state index in [2.05, 4.69) is 130 Å². The number of benzene rings is 3. The van der Waals surface area contributed by atoms with Crippen molar-refractivity contribution in [2.24, 2.45) is 5.92 Å². The molecule has 4 unspecified atom stereocenters. The van der Waals surface area contributed by atoms with Crippen molar-refractivity contribution in [3.63, 3.8) is 0 Å². The number of hydrogen-bond donors (Lipinski definition) is 0. The predicted molar refractivity (Wildman–Crippen MR) is 148 cm³/mol. The molecule has 172 valence electrons. The summed E-state index contributed by atoms with van der Waals surface area (Å²) in [7, 11) is 0. The van der Waals surface area contributed by atoms with E-state index in [0.29, 0.717) is 17.8 Å². The molecule has 6 rings (SSSR count). The topological polar surface area (TPSA) is 0 Å². The largest absolute Gasteiger partial charge is 0.0949 e. The van der Waals surface area contributed by atoms with Crippen LogP contribution < -0.4 is 0 Å². The molecule has 0 aromatic heterocycles. The third-order valence-corrected chi connectivity index (χ3v) is 8.07. The lowest BCUT2D eigenvalue weighted by atomic mass is 9.91. The maximum absolute atomic E-state index is 4.60. The van der Waals surface area contributed by atoms with Gasteiger partial charge in [-0.25, -0.2) is 0 Å². The molecule has 0 aliphatic heterocycles. The lowest BCUT2D eigenvalue weighted by molar-refractivity contribution is 0.649. The Morgan fingerprint density at radius 3 is 2.11 bits per heavy atom. The highest BCUT2D eigenvalue weighted by atomic mass is 14.4. The van der Waals surface area contributed by atoms with Gasteiger partial charge in [0.1, 0.15) is 0 Å². The van der Waals surface area contributed by atoms with Crippen LogP contribution in [0.4, 0.5) is 0 Å². The average molecular weight is 453 g/mol. The normalized spacial score (nSPS) is 26.5. The number of allylic oxidation sites excluding steroid dienone is 9. The van der Waals surface area contributed by atoms with E-state index in [4.69, 9.17) is 0 Å². The van der Waals surface area contributed by atoms with Gasteiger partial charge in [-0.2, -0.15) is 0 Å². The molecule has 1 fully saturated rings. The molecular formula is C35H32. The molecule has 35 heavy (non-hydrogen) atoms. The SMILES string of the molecule is C=C1C(=CC2=CC(c3ccccc3)C=C2C2=CC(C)c3ccccc32)C(C)CC1c1ccccc1. The van der Waals surface area contributed by atoms with Crippen LogP contribution in [0.2, 0.25) is 0 Å². The Kier molecular flexibility index (Phi) is 5.53. The van der Waals surface area contributed by atoms with Crippen LogP contribution >= 0.6 is 0 Å². The van der Waals surface area contributed by atoms with Crippen LogP contribution in [0, 0.1) is 5.92 Å². The highest BCUT2D eigenvalue weighted by molar-refractivity contribution is 5.91. The van der Waals surface area contributed by atoms with E-state index in [9.17, 15) is 0 Å². The van der Waals surface area contributed by atoms with Crippen molar-refractivity contribution >= 4 is 5.57 Å². The Hall–Kier alpha value is -3.64. The first-order valence-electron chi connectivity index (χ1n) is 12.9. The van der Waals surface area contributed by atoms with Gasteiger partial charge in [-0.15, -0.1) is 0 Å². The standard InChI is InChI=1S/C35H32/c1-23-19-35(31-17-11-10-16-30(23)31)34-21-28(26-12-6-4-7-13-26)20-29(34)22-32-24(2)18-33(25(32)3)27-14-8-5-9-15-27/h4-17,19-24,28,33H,3,18H2,1-2H3. The minimum Gasteiger partial charge on any atom is -0.0949 e. The molecule has 0 bridgehead atoms. The van der Waals surface area contributed by atoms with Crippen LogP contribution in [0.1, 0.15) is 60.3 Å². The van der Waals surface area contributed by atoms with E-state index in [0.717, 1.165) is 6.42 Å². The van der Waals surface area contributed by atoms with E-state index in [-0.39, 0.29) is 5.92 Å². The average Bonchev–Trinajstić information content (AvgIpc) is 3.55. The quantitative estimate of drug-likeness (QED) is 0.370. The van der Waals surface area contributed by atoms with Crippen LogP contribution in [0.5, 0.6) is 0 Å². The molecule has 3 aromatic carbocycles. The minimum atomic E-state index is 0.289. The fourth-order valence-electron chi connectivity index (χ4n) is 6.22. The molecule has 0 N–H and O–H groups in total. The zero-order valence-corrected chi connectivity index (χ0v) is 20.6. The van der Waals surface area contributed by atoms with Crippen molar-refractivity contribution in [3.8, 4) is 0 Å². The van der Waals surface area contributed by atoms with Crippen molar-refractivity contribution < 1.29 is 0 Å². The molecule has 3 aliphatic carbocycles. The fraction of sp³-hybridized carbons (Fsp3) is 0.200. The van der Waals surface area contributed by atoms with Crippen molar-refractivity contribution in [3.05, 3.63) is 160 Å². The highest BCUT2D eigenvalue weighted by Gasteiger charge is 2.33. The molecular weight excluding hydrogens is 420 g/mol. The van der Waals surface area contributed by atoms with Gasteiger partial charge in [0.15, 0.2) is 0 Å². The molecule has 1 saturated carbocycles. The molecule has 4 atom stereocenters. The molecule has 0 heterocycles. The number of fused-ring (bicyclic) bond motifs is 1. The summed E-state index contributed by atoms with van der Waals surface area (Å²) in [5.41, 5.74) is 12.3. The maximum atomic E-state index is 4.60. The summed E-state index contributed by atoms with van der Waals surface area (Å²) in [6, 6.07) is 30.6. The lowest BCUT2D eigenvalue weighted by Crippen LogP contribution is -1.95. The van der Waals surface area contributed by atoms with Gasteiger partial charge in [0.05, 0.1) is 0 Å². The van der Waals surface area contributed by atoms with Crippen LogP contribution in [0.3, 0.4) is 0 Å². The number of rotatable bonds is 4. The Morgan fingerprint density at radius 2 is 1.37 bits per heavy atom. The van der Waals surface area contributed by atoms with Gasteiger partial charge in [0.2, 0.25) is 0 Å². The van der Waals surface area contributed by atoms with Crippen molar-refractivity contribution in [2.45, 2.75) is 38.0 Å². The first kappa shape index (κ1) is 21.9. The lowest BCUT2D eigenvalue weighted by Gasteiger charge is -2.13. The smallest absolute Gasteiger partial charge is 0.0216 e. The Bertz CT molecular complexity index is 1390. The summed E-state index contributed by atoms with van der Waals surface area (Å²) in [6.45, 7) is 9.27. The van der Waals surface area contributed by atoms with Crippen molar-refractivity contribution in [2.75, 3.05) is 0 Å². The van der Waals surface area contributed by atoms with Crippen molar-refractivity contribution in [1.29, 1.82) is 0 Å². The van der Waals surface area contributed by atoms with E-state index in [1.807, 2.05) is 0 Å². The molecule has 0 radical (unpaired) electrons. The third kappa shape index (κ3) is 3.88.